The Balaban J connectivity index is 2.22. The fraction of sp³-hybridized carbons (Fsp3) is 0.636. The molecule has 2 rings (SSSR count). The van der Waals surface area contributed by atoms with Crippen LogP contribution in [-0.4, -0.2) is 28.2 Å². The third-order valence-electron chi connectivity index (χ3n) is 2.70. The molecule has 0 aliphatic carbocycles. The number of nitrogens with zero attached hydrogens (tertiary/aromatic N) is 3. The van der Waals surface area contributed by atoms with Crippen molar-refractivity contribution in [2.75, 3.05) is 18.0 Å². The van der Waals surface area contributed by atoms with Crippen LogP contribution in [0.2, 0.25) is 0 Å². The third-order valence-corrected chi connectivity index (χ3v) is 2.70. The molecule has 0 bridgehead atoms. The largest absolute Gasteiger partial charge is 0.390 e. The summed E-state index contributed by atoms with van der Waals surface area (Å²) in [6, 6.07) is 1.83. The predicted octanol–water partition coefficient (Wildman–Crippen LogP) is 1.27. The van der Waals surface area contributed by atoms with Gasteiger partial charge in [-0.1, -0.05) is 0 Å². The first kappa shape index (κ1) is 10.4. The second kappa shape index (κ2) is 4.57. The molecule has 0 aromatic carbocycles. The molecule has 1 aliphatic rings. The fourth-order valence-electron chi connectivity index (χ4n) is 1.93. The summed E-state index contributed by atoms with van der Waals surface area (Å²) in [6.07, 6.45) is 3.73. The molecule has 2 heterocycles. The van der Waals surface area contributed by atoms with Crippen molar-refractivity contribution in [2.24, 2.45) is 0 Å². The van der Waals surface area contributed by atoms with Crippen molar-refractivity contribution in [3.8, 4) is 0 Å². The molecule has 1 aromatic heterocycles. The van der Waals surface area contributed by atoms with Crippen LogP contribution < -0.4 is 4.90 Å². The highest BCUT2D eigenvalue weighted by molar-refractivity contribution is 5.32. The summed E-state index contributed by atoms with van der Waals surface area (Å²) in [7, 11) is 0. The maximum Gasteiger partial charge on any atom is 0.225 e. The zero-order valence-corrected chi connectivity index (χ0v) is 9.11. The van der Waals surface area contributed by atoms with Crippen molar-refractivity contribution in [1.82, 2.24) is 9.97 Å². The molecule has 0 amide bonds. The van der Waals surface area contributed by atoms with Gasteiger partial charge in [0.25, 0.3) is 0 Å². The third kappa shape index (κ3) is 2.45. The predicted molar refractivity (Wildman–Crippen MR) is 58.8 cm³/mol. The summed E-state index contributed by atoms with van der Waals surface area (Å²) >= 11 is 0. The van der Waals surface area contributed by atoms with E-state index in [0.717, 1.165) is 24.7 Å². The van der Waals surface area contributed by atoms with E-state index < -0.39 is 0 Å². The number of rotatable bonds is 2. The Morgan fingerprint density at radius 3 is 2.67 bits per heavy atom. The van der Waals surface area contributed by atoms with Gasteiger partial charge in [0.1, 0.15) is 0 Å². The minimum Gasteiger partial charge on any atom is -0.390 e. The van der Waals surface area contributed by atoms with Gasteiger partial charge >= 0.3 is 0 Å². The van der Waals surface area contributed by atoms with Gasteiger partial charge in [-0.25, -0.2) is 9.97 Å². The average molecular weight is 207 g/mol. The molecule has 4 heteroatoms. The lowest BCUT2D eigenvalue weighted by molar-refractivity contribution is 0.276. The Kier molecular flexibility index (Phi) is 3.16. The van der Waals surface area contributed by atoms with Gasteiger partial charge in [-0.15, -0.1) is 0 Å². The normalized spacial score (nSPS) is 16.8. The molecule has 15 heavy (non-hydrogen) atoms. The summed E-state index contributed by atoms with van der Waals surface area (Å²) in [5.74, 6) is 0.777. The fourth-order valence-corrected chi connectivity index (χ4v) is 1.93. The Morgan fingerprint density at radius 2 is 2.00 bits per heavy atom. The summed E-state index contributed by atoms with van der Waals surface area (Å²) < 4.78 is 0. The van der Waals surface area contributed by atoms with Crippen molar-refractivity contribution < 1.29 is 5.11 Å². The van der Waals surface area contributed by atoms with Crippen LogP contribution >= 0.6 is 0 Å². The topological polar surface area (TPSA) is 49.3 Å². The van der Waals surface area contributed by atoms with Gasteiger partial charge < -0.3 is 10.0 Å². The monoisotopic (exact) mass is 207 g/mol. The maximum atomic E-state index is 9.08. The molecule has 1 fully saturated rings. The molecule has 0 spiro atoms. The van der Waals surface area contributed by atoms with E-state index in [0.29, 0.717) is 5.69 Å². The minimum atomic E-state index is -0.00972. The highest BCUT2D eigenvalue weighted by Gasteiger charge is 2.14. The van der Waals surface area contributed by atoms with Gasteiger partial charge in [-0.05, 0) is 32.3 Å². The van der Waals surface area contributed by atoms with Gasteiger partial charge in [0.05, 0.1) is 12.3 Å². The highest BCUT2D eigenvalue weighted by atomic mass is 16.3. The Bertz CT molecular complexity index is 335. The standard InChI is InChI=1S/C11H17N3O/c1-9-7-10(8-15)13-11(12-9)14-5-3-2-4-6-14/h7,15H,2-6,8H2,1H3. The van der Waals surface area contributed by atoms with Crippen LogP contribution in [-0.2, 0) is 6.61 Å². The zero-order chi connectivity index (χ0) is 10.7. The molecule has 0 unspecified atom stereocenters. The van der Waals surface area contributed by atoms with E-state index in [1.54, 1.807) is 0 Å². The average Bonchev–Trinajstić information content (AvgIpc) is 2.29. The number of hydrogen-bond acceptors (Lipinski definition) is 4. The number of anilines is 1. The van der Waals surface area contributed by atoms with Gasteiger partial charge in [0.2, 0.25) is 5.95 Å². The first-order valence-corrected chi connectivity index (χ1v) is 5.50. The molecule has 0 saturated carbocycles. The van der Waals surface area contributed by atoms with Crippen LogP contribution in [0, 0.1) is 6.92 Å². The number of hydrogen-bond donors (Lipinski definition) is 1. The second-order valence-electron chi connectivity index (χ2n) is 4.01. The van der Waals surface area contributed by atoms with E-state index in [2.05, 4.69) is 14.9 Å². The second-order valence-corrected chi connectivity index (χ2v) is 4.01. The lowest BCUT2D eigenvalue weighted by atomic mass is 10.1. The van der Waals surface area contributed by atoms with E-state index in [4.69, 9.17) is 5.11 Å². The van der Waals surface area contributed by atoms with Crippen molar-refractivity contribution in [2.45, 2.75) is 32.8 Å². The molecule has 1 aliphatic heterocycles. The molecule has 1 N–H and O–H groups in total. The smallest absolute Gasteiger partial charge is 0.225 e. The summed E-state index contributed by atoms with van der Waals surface area (Å²) in [4.78, 5) is 11.0. The van der Waals surface area contributed by atoms with E-state index in [-0.39, 0.29) is 6.61 Å². The summed E-state index contributed by atoms with van der Waals surface area (Å²) in [5, 5.41) is 9.08. The maximum absolute atomic E-state index is 9.08. The van der Waals surface area contributed by atoms with Crippen LogP contribution in [0.4, 0.5) is 5.95 Å². The van der Waals surface area contributed by atoms with Crippen LogP contribution in [0.25, 0.3) is 0 Å². The number of piperidine rings is 1. The highest BCUT2D eigenvalue weighted by Crippen LogP contribution is 2.16. The zero-order valence-electron chi connectivity index (χ0n) is 9.11. The van der Waals surface area contributed by atoms with Crippen LogP contribution in [0.5, 0.6) is 0 Å². The van der Waals surface area contributed by atoms with Gasteiger partial charge in [-0.2, -0.15) is 0 Å². The molecule has 0 radical (unpaired) electrons. The van der Waals surface area contributed by atoms with Gasteiger partial charge in [0, 0.05) is 18.8 Å². The first-order valence-electron chi connectivity index (χ1n) is 5.50. The summed E-state index contributed by atoms with van der Waals surface area (Å²) in [6.45, 7) is 4.00. The molecule has 1 aromatic rings. The quantitative estimate of drug-likeness (QED) is 0.793. The van der Waals surface area contributed by atoms with Crippen LogP contribution in [0.15, 0.2) is 6.07 Å². The van der Waals surface area contributed by atoms with Crippen molar-refractivity contribution >= 4 is 5.95 Å². The molecule has 82 valence electrons. The Hall–Kier alpha value is -1.16. The van der Waals surface area contributed by atoms with E-state index >= 15 is 0 Å². The lowest BCUT2D eigenvalue weighted by Crippen LogP contribution is -2.31. The number of aliphatic hydroxyl groups is 1. The molecule has 1 saturated heterocycles. The van der Waals surface area contributed by atoms with Crippen molar-refractivity contribution in [3.05, 3.63) is 17.5 Å². The number of aromatic nitrogens is 2. The van der Waals surface area contributed by atoms with E-state index in [1.807, 2.05) is 13.0 Å². The SMILES string of the molecule is Cc1cc(CO)nc(N2CCCCC2)n1. The lowest BCUT2D eigenvalue weighted by Gasteiger charge is -2.27. The molecule has 0 atom stereocenters. The summed E-state index contributed by atoms with van der Waals surface area (Å²) in [5.41, 5.74) is 1.64. The van der Waals surface area contributed by atoms with Gasteiger partial charge in [0.15, 0.2) is 0 Å². The van der Waals surface area contributed by atoms with E-state index in [1.165, 1.54) is 19.3 Å². The Morgan fingerprint density at radius 1 is 1.27 bits per heavy atom. The van der Waals surface area contributed by atoms with Crippen molar-refractivity contribution in [3.63, 3.8) is 0 Å². The van der Waals surface area contributed by atoms with Gasteiger partial charge in [-0.3, -0.25) is 0 Å². The molecular formula is C11H17N3O. The Labute approximate surface area is 90.0 Å². The molecule has 4 nitrogen and oxygen atoms in total. The first-order chi connectivity index (χ1) is 7.29. The minimum absolute atomic E-state index is 0.00972. The number of aryl methyl sites for hydroxylation is 1. The molecular weight excluding hydrogens is 190 g/mol. The number of aliphatic hydroxyl groups excluding tert-OH is 1. The van der Waals surface area contributed by atoms with Crippen molar-refractivity contribution in [1.29, 1.82) is 0 Å². The van der Waals surface area contributed by atoms with E-state index in [9.17, 15) is 0 Å². The van der Waals surface area contributed by atoms with Crippen LogP contribution in [0.1, 0.15) is 30.7 Å². The van der Waals surface area contributed by atoms with Crippen LogP contribution in [0.3, 0.4) is 0 Å².